The summed E-state index contributed by atoms with van der Waals surface area (Å²) >= 11 is 0. The summed E-state index contributed by atoms with van der Waals surface area (Å²) in [5, 5.41) is 3.77. The minimum atomic E-state index is 0.375. The van der Waals surface area contributed by atoms with E-state index in [1.165, 1.54) is 45.3 Å². The topological polar surface area (TPSA) is 15.3 Å². The van der Waals surface area contributed by atoms with Gasteiger partial charge in [0, 0.05) is 18.1 Å². The third-order valence-electron chi connectivity index (χ3n) is 4.06. The van der Waals surface area contributed by atoms with E-state index in [-0.39, 0.29) is 0 Å². The lowest BCUT2D eigenvalue weighted by Crippen LogP contribution is -2.51. The SMILES string of the molecule is CCCN1CC(CC)(CC)NCCC1C. The summed E-state index contributed by atoms with van der Waals surface area (Å²) < 4.78 is 0. The first kappa shape index (κ1) is 13.0. The average Bonchev–Trinajstić information content (AvgIpc) is 2.40. The van der Waals surface area contributed by atoms with E-state index >= 15 is 0 Å². The Morgan fingerprint density at radius 2 is 1.93 bits per heavy atom. The van der Waals surface area contributed by atoms with Crippen molar-refractivity contribution in [2.45, 2.75) is 65.0 Å². The Kier molecular flexibility index (Phi) is 5.07. The van der Waals surface area contributed by atoms with Gasteiger partial charge < -0.3 is 5.32 Å². The fourth-order valence-corrected chi connectivity index (χ4v) is 2.64. The molecule has 2 heteroatoms. The second-order valence-corrected chi connectivity index (χ2v) is 5.02. The maximum absolute atomic E-state index is 3.77. The summed E-state index contributed by atoms with van der Waals surface area (Å²) in [6.45, 7) is 13.0. The molecular weight excluding hydrogens is 184 g/mol. The summed E-state index contributed by atoms with van der Waals surface area (Å²) in [5.74, 6) is 0. The molecule has 1 heterocycles. The molecule has 0 bridgehead atoms. The van der Waals surface area contributed by atoms with Crippen molar-refractivity contribution < 1.29 is 0 Å². The maximum Gasteiger partial charge on any atom is 0.0303 e. The van der Waals surface area contributed by atoms with Gasteiger partial charge in [0.15, 0.2) is 0 Å². The van der Waals surface area contributed by atoms with E-state index in [9.17, 15) is 0 Å². The fraction of sp³-hybridized carbons (Fsp3) is 1.00. The van der Waals surface area contributed by atoms with Crippen molar-refractivity contribution in [3.63, 3.8) is 0 Å². The first-order valence-corrected chi connectivity index (χ1v) is 6.66. The lowest BCUT2D eigenvalue weighted by Gasteiger charge is -2.37. The van der Waals surface area contributed by atoms with Crippen LogP contribution in [0.4, 0.5) is 0 Å². The van der Waals surface area contributed by atoms with E-state index in [1.807, 2.05) is 0 Å². The van der Waals surface area contributed by atoms with Crippen LogP contribution in [-0.2, 0) is 0 Å². The van der Waals surface area contributed by atoms with Crippen molar-refractivity contribution >= 4 is 0 Å². The molecule has 0 aromatic rings. The number of nitrogens with zero attached hydrogens (tertiary/aromatic N) is 1. The van der Waals surface area contributed by atoms with Gasteiger partial charge in [0.2, 0.25) is 0 Å². The van der Waals surface area contributed by atoms with E-state index in [0.717, 1.165) is 6.04 Å². The van der Waals surface area contributed by atoms with Crippen molar-refractivity contribution in [1.82, 2.24) is 10.2 Å². The molecule has 0 radical (unpaired) electrons. The van der Waals surface area contributed by atoms with Gasteiger partial charge in [-0.25, -0.2) is 0 Å². The molecule has 1 N–H and O–H groups in total. The number of rotatable bonds is 4. The Labute approximate surface area is 95.4 Å². The first-order valence-electron chi connectivity index (χ1n) is 6.66. The molecule has 1 saturated heterocycles. The highest BCUT2D eigenvalue weighted by Crippen LogP contribution is 2.22. The average molecular weight is 212 g/mol. The fourth-order valence-electron chi connectivity index (χ4n) is 2.64. The molecule has 1 fully saturated rings. The molecule has 1 atom stereocenters. The standard InChI is InChI=1S/C13H28N2/c1-5-10-15-11-13(6-2,7-3)14-9-8-12(15)4/h12,14H,5-11H2,1-4H3. The highest BCUT2D eigenvalue weighted by atomic mass is 15.2. The molecular formula is C13H28N2. The smallest absolute Gasteiger partial charge is 0.0303 e. The maximum atomic E-state index is 3.77. The second-order valence-electron chi connectivity index (χ2n) is 5.02. The van der Waals surface area contributed by atoms with Crippen LogP contribution in [0.5, 0.6) is 0 Å². The zero-order chi connectivity index (χ0) is 11.3. The highest BCUT2D eigenvalue weighted by molar-refractivity contribution is 4.92. The molecule has 0 spiro atoms. The minimum Gasteiger partial charge on any atom is -0.310 e. The van der Waals surface area contributed by atoms with Gasteiger partial charge in [0.05, 0.1) is 0 Å². The van der Waals surface area contributed by atoms with Crippen LogP contribution >= 0.6 is 0 Å². The van der Waals surface area contributed by atoms with Crippen molar-refractivity contribution in [3.8, 4) is 0 Å². The molecule has 1 rings (SSSR count). The lowest BCUT2D eigenvalue weighted by molar-refractivity contribution is 0.160. The molecule has 1 aliphatic heterocycles. The summed E-state index contributed by atoms with van der Waals surface area (Å²) in [7, 11) is 0. The Balaban J connectivity index is 2.69. The van der Waals surface area contributed by atoms with Crippen molar-refractivity contribution in [1.29, 1.82) is 0 Å². The molecule has 1 unspecified atom stereocenters. The van der Waals surface area contributed by atoms with Crippen molar-refractivity contribution in [2.24, 2.45) is 0 Å². The summed E-state index contributed by atoms with van der Waals surface area (Å²) in [6.07, 6.45) is 5.06. The predicted octanol–water partition coefficient (Wildman–Crippen LogP) is 2.64. The second kappa shape index (κ2) is 5.86. The summed E-state index contributed by atoms with van der Waals surface area (Å²) in [4.78, 5) is 2.67. The van der Waals surface area contributed by atoms with Crippen molar-refractivity contribution in [2.75, 3.05) is 19.6 Å². The quantitative estimate of drug-likeness (QED) is 0.770. The number of hydrogen-bond donors (Lipinski definition) is 1. The van der Waals surface area contributed by atoms with Gasteiger partial charge >= 0.3 is 0 Å². The van der Waals surface area contributed by atoms with Gasteiger partial charge in [0.25, 0.3) is 0 Å². The monoisotopic (exact) mass is 212 g/mol. The van der Waals surface area contributed by atoms with Crippen LogP contribution in [0, 0.1) is 0 Å². The minimum absolute atomic E-state index is 0.375. The Morgan fingerprint density at radius 1 is 1.27 bits per heavy atom. The van der Waals surface area contributed by atoms with Crippen LogP contribution in [0.3, 0.4) is 0 Å². The molecule has 0 aromatic heterocycles. The van der Waals surface area contributed by atoms with E-state index in [1.54, 1.807) is 0 Å². The van der Waals surface area contributed by atoms with Crippen LogP contribution in [-0.4, -0.2) is 36.1 Å². The normalized spacial score (nSPS) is 27.6. The molecule has 0 saturated carbocycles. The Bertz CT molecular complexity index is 175. The highest BCUT2D eigenvalue weighted by Gasteiger charge is 2.32. The first-order chi connectivity index (χ1) is 7.17. The lowest BCUT2D eigenvalue weighted by atomic mass is 9.92. The molecule has 0 aliphatic carbocycles. The van der Waals surface area contributed by atoms with Crippen LogP contribution in [0.15, 0.2) is 0 Å². The van der Waals surface area contributed by atoms with E-state index in [2.05, 4.69) is 37.9 Å². The van der Waals surface area contributed by atoms with Crippen LogP contribution in [0.25, 0.3) is 0 Å². The molecule has 90 valence electrons. The van der Waals surface area contributed by atoms with E-state index in [4.69, 9.17) is 0 Å². The Morgan fingerprint density at radius 3 is 2.47 bits per heavy atom. The van der Waals surface area contributed by atoms with Gasteiger partial charge in [-0.15, -0.1) is 0 Å². The number of hydrogen-bond acceptors (Lipinski definition) is 2. The Hall–Kier alpha value is -0.0800. The summed E-state index contributed by atoms with van der Waals surface area (Å²) in [5.41, 5.74) is 0.375. The van der Waals surface area contributed by atoms with E-state index < -0.39 is 0 Å². The summed E-state index contributed by atoms with van der Waals surface area (Å²) in [6, 6.07) is 0.748. The molecule has 0 aromatic carbocycles. The van der Waals surface area contributed by atoms with Gasteiger partial charge in [-0.1, -0.05) is 20.8 Å². The zero-order valence-corrected chi connectivity index (χ0v) is 11.0. The molecule has 1 aliphatic rings. The zero-order valence-electron chi connectivity index (χ0n) is 11.0. The molecule has 15 heavy (non-hydrogen) atoms. The van der Waals surface area contributed by atoms with Gasteiger partial charge in [-0.3, -0.25) is 4.90 Å². The van der Waals surface area contributed by atoms with Crippen molar-refractivity contribution in [3.05, 3.63) is 0 Å². The third-order valence-corrected chi connectivity index (χ3v) is 4.06. The largest absolute Gasteiger partial charge is 0.310 e. The number of nitrogens with one attached hydrogen (secondary N) is 1. The van der Waals surface area contributed by atoms with Gasteiger partial charge in [-0.2, -0.15) is 0 Å². The van der Waals surface area contributed by atoms with Crippen LogP contribution in [0.2, 0.25) is 0 Å². The molecule has 0 amide bonds. The predicted molar refractivity (Wildman–Crippen MR) is 67.3 cm³/mol. The van der Waals surface area contributed by atoms with Gasteiger partial charge in [-0.05, 0) is 45.7 Å². The third kappa shape index (κ3) is 3.18. The van der Waals surface area contributed by atoms with Crippen LogP contribution in [0.1, 0.15) is 53.4 Å². The van der Waals surface area contributed by atoms with Crippen LogP contribution < -0.4 is 5.32 Å². The molecule has 2 nitrogen and oxygen atoms in total. The van der Waals surface area contributed by atoms with Gasteiger partial charge in [0.1, 0.15) is 0 Å². The van der Waals surface area contributed by atoms with E-state index in [0.29, 0.717) is 5.54 Å².